The molecule has 0 aromatic carbocycles. The first-order valence-electron chi connectivity index (χ1n) is 6.75. The maximum atomic E-state index is 11.0. The van der Waals surface area contributed by atoms with Crippen molar-refractivity contribution >= 4 is 17.2 Å². The smallest absolute Gasteiger partial charge is 0.249 e. The van der Waals surface area contributed by atoms with Gasteiger partial charge in [-0.25, -0.2) is 0 Å². The number of carbonyl (C=O) groups is 1. The Hall–Kier alpha value is -0.870. The van der Waals surface area contributed by atoms with Crippen LogP contribution in [-0.2, 0) is 6.54 Å². The molecular weight excluding hydrogens is 244 g/mol. The lowest BCUT2D eigenvalue weighted by molar-refractivity contribution is 0.100. The number of carbonyl (C=O) groups excluding carboxylic acids is 1. The second kappa shape index (κ2) is 6.34. The molecule has 4 heteroatoms. The molecule has 1 aliphatic carbocycles. The number of rotatable bonds is 4. The molecule has 0 bridgehead atoms. The van der Waals surface area contributed by atoms with E-state index in [4.69, 9.17) is 5.73 Å². The Morgan fingerprint density at radius 2 is 2.28 bits per heavy atom. The van der Waals surface area contributed by atoms with Crippen molar-refractivity contribution in [3.8, 4) is 0 Å². The Morgan fingerprint density at radius 1 is 1.44 bits per heavy atom. The summed E-state index contributed by atoms with van der Waals surface area (Å²) in [5, 5.41) is 5.45. The monoisotopic (exact) mass is 266 g/mol. The largest absolute Gasteiger partial charge is 0.366 e. The average molecular weight is 266 g/mol. The summed E-state index contributed by atoms with van der Waals surface area (Å²) < 4.78 is 0. The van der Waals surface area contributed by atoms with E-state index >= 15 is 0 Å². The number of nitrogens with one attached hydrogen (secondary N) is 1. The molecule has 1 aliphatic rings. The number of primary amides is 1. The first-order valence-corrected chi connectivity index (χ1v) is 7.63. The lowest BCUT2D eigenvalue weighted by atomic mass is 10.0. The molecule has 0 radical (unpaired) electrons. The van der Waals surface area contributed by atoms with Crippen molar-refractivity contribution in [2.45, 2.75) is 51.6 Å². The lowest BCUT2D eigenvalue weighted by Gasteiger charge is -2.15. The fourth-order valence-electron chi connectivity index (χ4n) is 2.54. The van der Waals surface area contributed by atoms with Crippen LogP contribution in [0.15, 0.2) is 11.4 Å². The van der Waals surface area contributed by atoms with Crippen molar-refractivity contribution < 1.29 is 4.79 Å². The molecule has 3 nitrogen and oxygen atoms in total. The van der Waals surface area contributed by atoms with Crippen LogP contribution in [0, 0.1) is 5.92 Å². The van der Waals surface area contributed by atoms with E-state index in [0.29, 0.717) is 11.6 Å². The van der Waals surface area contributed by atoms with E-state index in [1.807, 2.05) is 11.4 Å². The van der Waals surface area contributed by atoms with E-state index < -0.39 is 0 Å². The minimum absolute atomic E-state index is 0.333. The van der Waals surface area contributed by atoms with Gasteiger partial charge < -0.3 is 11.1 Å². The maximum absolute atomic E-state index is 11.0. The molecule has 100 valence electrons. The fourth-order valence-corrected chi connectivity index (χ4v) is 3.36. The van der Waals surface area contributed by atoms with Crippen molar-refractivity contribution in [3.63, 3.8) is 0 Å². The van der Waals surface area contributed by atoms with Gasteiger partial charge in [0.1, 0.15) is 0 Å². The van der Waals surface area contributed by atoms with Crippen molar-refractivity contribution in [1.82, 2.24) is 5.32 Å². The van der Waals surface area contributed by atoms with Crippen LogP contribution in [-0.4, -0.2) is 11.9 Å². The average Bonchev–Trinajstić information content (AvgIpc) is 2.72. The molecule has 2 unspecified atom stereocenters. The Kier molecular flexibility index (Phi) is 4.78. The highest BCUT2D eigenvalue weighted by atomic mass is 32.1. The van der Waals surface area contributed by atoms with E-state index in [0.717, 1.165) is 12.5 Å². The molecule has 1 aromatic rings. The van der Waals surface area contributed by atoms with Gasteiger partial charge in [0.15, 0.2) is 0 Å². The molecular formula is C14H22N2OS. The number of hydrogen-bond donors (Lipinski definition) is 2. The first-order chi connectivity index (χ1) is 8.65. The molecule has 1 heterocycles. The highest BCUT2D eigenvalue weighted by Crippen LogP contribution is 2.23. The van der Waals surface area contributed by atoms with Crippen LogP contribution >= 0.6 is 11.3 Å². The Labute approximate surface area is 113 Å². The molecule has 0 saturated heterocycles. The molecule has 0 spiro atoms. The first kappa shape index (κ1) is 13.6. The molecule has 2 atom stereocenters. The highest BCUT2D eigenvalue weighted by Gasteiger charge is 2.15. The van der Waals surface area contributed by atoms with Gasteiger partial charge in [-0.2, -0.15) is 0 Å². The Morgan fingerprint density at radius 3 is 3.00 bits per heavy atom. The summed E-state index contributed by atoms with van der Waals surface area (Å²) in [6.45, 7) is 3.21. The van der Waals surface area contributed by atoms with Gasteiger partial charge >= 0.3 is 0 Å². The van der Waals surface area contributed by atoms with E-state index in [1.165, 1.54) is 37.0 Å². The minimum Gasteiger partial charge on any atom is -0.366 e. The van der Waals surface area contributed by atoms with Crippen LogP contribution in [0.25, 0.3) is 0 Å². The maximum Gasteiger partial charge on any atom is 0.249 e. The zero-order chi connectivity index (χ0) is 13.0. The van der Waals surface area contributed by atoms with Crippen molar-refractivity contribution in [3.05, 3.63) is 21.9 Å². The zero-order valence-corrected chi connectivity index (χ0v) is 11.8. The summed E-state index contributed by atoms with van der Waals surface area (Å²) >= 11 is 1.61. The quantitative estimate of drug-likeness (QED) is 0.823. The number of amides is 1. The second-order valence-electron chi connectivity index (χ2n) is 5.36. The Bertz CT molecular complexity index is 402. The van der Waals surface area contributed by atoms with Gasteiger partial charge in [0.2, 0.25) is 5.91 Å². The topological polar surface area (TPSA) is 55.1 Å². The normalized spacial score (nSPS) is 24.7. The molecule has 18 heavy (non-hydrogen) atoms. The van der Waals surface area contributed by atoms with Crippen LogP contribution < -0.4 is 11.1 Å². The summed E-state index contributed by atoms with van der Waals surface area (Å²) in [6, 6.07) is 2.54. The molecule has 0 aliphatic heterocycles. The molecule has 1 saturated carbocycles. The lowest BCUT2D eigenvalue weighted by Crippen LogP contribution is -2.27. The number of nitrogens with two attached hydrogens (primary N) is 1. The van der Waals surface area contributed by atoms with Crippen LogP contribution in [0.2, 0.25) is 0 Å². The second-order valence-corrected chi connectivity index (χ2v) is 6.35. The van der Waals surface area contributed by atoms with Crippen molar-refractivity contribution in [2.24, 2.45) is 11.7 Å². The van der Waals surface area contributed by atoms with Gasteiger partial charge in [-0.3, -0.25) is 4.79 Å². The van der Waals surface area contributed by atoms with Crippen molar-refractivity contribution in [1.29, 1.82) is 0 Å². The molecule has 1 aromatic heterocycles. The molecule has 2 rings (SSSR count). The number of thiophene rings is 1. The summed E-state index contributed by atoms with van der Waals surface area (Å²) in [5.41, 5.74) is 5.88. The number of hydrogen-bond acceptors (Lipinski definition) is 3. The van der Waals surface area contributed by atoms with Gasteiger partial charge in [-0.05, 0) is 31.2 Å². The van der Waals surface area contributed by atoms with Gasteiger partial charge in [0.25, 0.3) is 0 Å². The minimum atomic E-state index is -0.333. The van der Waals surface area contributed by atoms with Crippen LogP contribution in [0.1, 0.15) is 54.3 Å². The van der Waals surface area contributed by atoms with E-state index in [1.54, 1.807) is 11.3 Å². The standard InChI is InChI=1S/C14H22N2OS/c1-10-3-2-4-12(6-5-10)16-8-13-7-11(9-18-13)14(15)17/h7,9-10,12,16H,2-6,8H2,1H3,(H2,15,17). The predicted octanol–water partition coefficient (Wildman–Crippen LogP) is 2.91. The van der Waals surface area contributed by atoms with Crippen LogP contribution in [0.4, 0.5) is 0 Å². The van der Waals surface area contributed by atoms with E-state index in [2.05, 4.69) is 12.2 Å². The van der Waals surface area contributed by atoms with E-state index in [9.17, 15) is 4.79 Å². The van der Waals surface area contributed by atoms with Gasteiger partial charge in [0, 0.05) is 22.8 Å². The third kappa shape index (κ3) is 3.82. The molecule has 1 fully saturated rings. The zero-order valence-electron chi connectivity index (χ0n) is 10.9. The summed E-state index contributed by atoms with van der Waals surface area (Å²) in [4.78, 5) is 12.2. The fraction of sp³-hybridized carbons (Fsp3) is 0.643. The van der Waals surface area contributed by atoms with Crippen LogP contribution in [0.3, 0.4) is 0 Å². The van der Waals surface area contributed by atoms with E-state index in [-0.39, 0.29) is 5.91 Å². The third-order valence-electron chi connectivity index (χ3n) is 3.76. The summed E-state index contributed by atoms with van der Waals surface area (Å²) in [7, 11) is 0. The third-order valence-corrected chi connectivity index (χ3v) is 4.70. The predicted molar refractivity (Wildman–Crippen MR) is 75.7 cm³/mol. The SMILES string of the molecule is CC1CCCC(NCc2cc(C(N)=O)cs2)CC1. The van der Waals surface area contributed by atoms with Gasteiger partial charge in [-0.15, -0.1) is 11.3 Å². The van der Waals surface area contributed by atoms with Gasteiger partial charge in [-0.1, -0.05) is 19.8 Å². The van der Waals surface area contributed by atoms with Gasteiger partial charge in [0.05, 0.1) is 5.56 Å². The molecule has 1 amide bonds. The Balaban J connectivity index is 1.81. The highest BCUT2D eigenvalue weighted by molar-refractivity contribution is 7.10. The van der Waals surface area contributed by atoms with Crippen LogP contribution in [0.5, 0.6) is 0 Å². The summed E-state index contributed by atoms with van der Waals surface area (Å²) in [5.74, 6) is 0.542. The van der Waals surface area contributed by atoms with Crippen molar-refractivity contribution in [2.75, 3.05) is 0 Å². The molecule has 3 N–H and O–H groups in total. The summed E-state index contributed by atoms with van der Waals surface area (Å²) in [6.07, 6.45) is 6.57.